The lowest BCUT2D eigenvalue weighted by Gasteiger charge is -2.37. The van der Waals surface area contributed by atoms with E-state index in [1.807, 2.05) is 31.2 Å². The highest BCUT2D eigenvalue weighted by Crippen LogP contribution is 2.39. The van der Waals surface area contributed by atoms with Crippen LogP contribution in [0.4, 0.5) is 0 Å². The van der Waals surface area contributed by atoms with Gasteiger partial charge in [0.2, 0.25) is 11.8 Å². The maximum absolute atomic E-state index is 12.4. The molecule has 0 spiro atoms. The third-order valence-electron chi connectivity index (χ3n) is 4.70. The van der Waals surface area contributed by atoms with Crippen molar-refractivity contribution in [2.24, 2.45) is 11.8 Å². The number of amides is 2. The third-order valence-corrected chi connectivity index (χ3v) is 4.70. The first kappa shape index (κ1) is 14.3. The normalized spacial score (nSPS) is 27.5. The second-order valence-electron chi connectivity index (χ2n) is 6.12. The van der Waals surface area contributed by atoms with Gasteiger partial charge in [0.25, 0.3) is 0 Å². The topological polar surface area (TPSA) is 55.4 Å². The molecule has 21 heavy (non-hydrogen) atoms. The van der Waals surface area contributed by atoms with Gasteiger partial charge in [-0.1, -0.05) is 29.8 Å². The molecule has 2 saturated heterocycles. The van der Waals surface area contributed by atoms with Gasteiger partial charge in [-0.05, 0) is 37.2 Å². The molecule has 0 saturated carbocycles. The summed E-state index contributed by atoms with van der Waals surface area (Å²) in [7, 11) is 0. The number of hydrogen-bond acceptors (Lipinski definition) is 3. The monoisotopic (exact) mass is 287 g/mol. The van der Waals surface area contributed by atoms with Crippen LogP contribution in [-0.4, -0.2) is 25.0 Å². The van der Waals surface area contributed by atoms with Crippen LogP contribution in [0, 0.1) is 18.8 Å². The van der Waals surface area contributed by atoms with Crippen LogP contribution in [0.25, 0.3) is 0 Å². The maximum Gasteiger partial charge on any atom is 0.234 e. The lowest BCUT2D eigenvalue weighted by molar-refractivity contribution is -0.138. The molecule has 2 aliphatic heterocycles. The average Bonchev–Trinajstić information content (AvgIpc) is 2.49. The Hall–Kier alpha value is -1.68. The van der Waals surface area contributed by atoms with Crippen LogP contribution >= 0.6 is 0 Å². The molecule has 1 N–H and O–H groups in total. The number of carbonyl (C=O) groups is 2. The van der Waals surface area contributed by atoms with Crippen LogP contribution in [0.3, 0.4) is 0 Å². The first-order chi connectivity index (χ1) is 10.1. The van der Waals surface area contributed by atoms with Crippen molar-refractivity contribution in [3.8, 4) is 0 Å². The molecule has 0 aliphatic carbocycles. The number of ether oxygens (including phenoxy) is 1. The lowest BCUT2D eigenvalue weighted by atomic mass is 9.71. The average molecular weight is 287 g/mol. The summed E-state index contributed by atoms with van der Waals surface area (Å²) in [4.78, 5) is 24.2. The zero-order chi connectivity index (χ0) is 14.8. The van der Waals surface area contributed by atoms with Gasteiger partial charge in [0.05, 0.1) is 5.92 Å². The van der Waals surface area contributed by atoms with E-state index in [4.69, 9.17) is 4.74 Å². The van der Waals surface area contributed by atoms with Crippen molar-refractivity contribution in [2.75, 3.05) is 13.2 Å². The van der Waals surface area contributed by atoms with Crippen molar-refractivity contribution in [3.63, 3.8) is 0 Å². The zero-order valence-electron chi connectivity index (χ0n) is 12.3. The van der Waals surface area contributed by atoms with Gasteiger partial charge in [-0.2, -0.15) is 0 Å². The minimum atomic E-state index is -0.216. The van der Waals surface area contributed by atoms with Crippen LogP contribution in [-0.2, 0) is 14.3 Å². The van der Waals surface area contributed by atoms with Gasteiger partial charge in [0.1, 0.15) is 0 Å². The molecule has 2 heterocycles. The number of piperidine rings is 1. The number of nitrogens with one attached hydrogen (secondary N) is 1. The summed E-state index contributed by atoms with van der Waals surface area (Å²) >= 11 is 0. The molecule has 0 bridgehead atoms. The number of imide groups is 1. The highest BCUT2D eigenvalue weighted by Gasteiger charge is 2.41. The van der Waals surface area contributed by atoms with Gasteiger partial charge in [-0.15, -0.1) is 0 Å². The van der Waals surface area contributed by atoms with E-state index < -0.39 is 0 Å². The molecule has 1 aromatic rings. The Morgan fingerprint density at radius 3 is 2.43 bits per heavy atom. The number of benzene rings is 1. The van der Waals surface area contributed by atoms with E-state index >= 15 is 0 Å². The van der Waals surface area contributed by atoms with Gasteiger partial charge in [0, 0.05) is 19.6 Å². The van der Waals surface area contributed by atoms with Crippen molar-refractivity contribution in [2.45, 2.75) is 32.1 Å². The quantitative estimate of drug-likeness (QED) is 0.848. The second-order valence-corrected chi connectivity index (χ2v) is 6.12. The van der Waals surface area contributed by atoms with E-state index in [1.54, 1.807) is 0 Å². The summed E-state index contributed by atoms with van der Waals surface area (Å²) in [5, 5.41) is 2.50. The number of rotatable bonds is 2. The molecule has 0 aromatic heterocycles. The molecule has 0 radical (unpaired) electrons. The van der Waals surface area contributed by atoms with Crippen LogP contribution in [0.15, 0.2) is 24.3 Å². The van der Waals surface area contributed by atoms with Gasteiger partial charge < -0.3 is 4.74 Å². The summed E-state index contributed by atoms with van der Waals surface area (Å²) < 4.78 is 5.42. The van der Waals surface area contributed by atoms with Crippen molar-refractivity contribution in [1.82, 2.24) is 5.32 Å². The predicted molar refractivity (Wildman–Crippen MR) is 78.7 cm³/mol. The SMILES string of the molecule is Cc1ccc(C2C(=O)NC(=O)CC2C2CCOCC2)cc1. The molecule has 2 amide bonds. The molecule has 4 heteroatoms. The molecule has 2 atom stereocenters. The van der Waals surface area contributed by atoms with Gasteiger partial charge >= 0.3 is 0 Å². The Morgan fingerprint density at radius 1 is 1.10 bits per heavy atom. The maximum atomic E-state index is 12.4. The smallest absolute Gasteiger partial charge is 0.234 e. The number of aryl methyl sites for hydroxylation is 1. The Kier molecular flexibility index (Phi) is 4.06. The van der Waals surface area contributed by atoms with Crippen LogP contribution in [0.1, 0.15) is 36.3 Å². The van der Waals surface area contributed by atoms with E-state index in [0.717, 1.165) is 31.6 Å². The first-order valence-corrected chi connectivity index (χ1v) is 7.63. The summed E-state index contributed by atoms with van der Waals surface area (Å²) in [5.41, 5.74) is 2.19. The third kappa shape index (κ3) is 3.00. The van der Waals surface area contributed by atoms with Crippen LogP contribution in [0.5, 0.6) is 0 Å². The summed E-state index contributed by atoms with van der Waals surface area (Å²) in [6, 6.07) is 8.09. The molecule has 2 aliphatic rings. The van der Waals surface area contributed by atoms with Crippen molar-refractivity contribution in [1.29, 1.82) is 0 Å². The Labute approximate surface area is 124 Å². The molecule has 1 aromatic carbocycles. The van der Waals surface area contributed by atoms with Crippen LogP contribution in [0.2, 0.25) is 0 Å². The van der Waals surface area contributed by atoms with Crippen molar-refractivity contribution in [3.05, 3.63) is 35.4 Å². The van der Waals surface area contributed by atoms with E-state index in [0.29, 0.717) is 12.3 Å². The zero-order valence-corrected chi connectivity index (χ0v) is 12.3. The fourth-order valence-electron chi connectivity index (χ4n) is 3.55. The number of carbonyl (C=O) groups excluding carboxylic acids is 2. The molecular formula is C17H21NO3. The van der Waals surface area contributed by atoms with E-state index in [2.05, 4.69) is 5.32 Å². The number of hydrogen-bond donors (Lipinski definition) is 1. The Balaban J connectivity index is 1.90. The molecule has 2 fully saturated rings. The second kappa shape index (κ2) is 5.98. The minimum Gasteiger partial charge on any atom is -0.381 e. The van der Waals surface area contributed by atoms with E-state index in [1.165, 1.54) is 5.56 Å². The summed E-state index contributed by atoms with van der Waals surface area (Å²) in [5.74, 6) is -0.0178. The van der Waals surface area contributed by atoms with Gasteiger partial charge in [-0.25, -0.2) is 0 Å². The fraction of sp³-hybridized carbons (Fsp3) is 0.529. The highest BCUT2D eigenvalue weighted by molar-refractivity contribution is 6.01. The predicted octanol–water partition coefficient (Wildman–Crippen LogP) is 2.17. The molecule has 4 nitrogen and oxygen atoms in total. The van der Waals surface area contributed by atoms with E-state index in [-0.39, 0.29) is 23.7 Å². The lowest BCUT2D eigenvalue weighted by Crippen LogP contribution is -2.47. The molecule has 3 rings (SSSR count). The highest BCUT2D eigenvalue weighted by atomic mass is 16.5. The molecule has 2 unspecified atom stereocenters. The first-order valence-electron chi connectivity index (χ1n) is 7.63. The molecule has 112 valence electrons. The largest absolute Gasteiger partial charge is 0.381 e. The van der Waals surface area contributed by atoms with Crippen molar-refractivity contribution >= 4 is 11.8 Å². The Bertz CT molecular complexity index is 531. The van der Waals surface area contributed by atoms with Gasteiger partial charge in [-0.3, -0.25) is 14.9 Å². The molecular weight excluding hydrogens is 266 g/mol. The van der Waals surface area contributed by atoms with E-state index in [9.17, 15) is 9.59 Å². The Morgan fingerprint density at radius 2 is 1.76 bits per heavy atom. The van der Waals surface area contributed by atoms with Crippen molar-refractivity contribution < 1.29 is 14.3 Å². The standard InChI is InChI=1S/C17H21NO3/c1-11-2-4-13(5-3-11)16-14(10-15(19)18-17(16)20)12-6-8-21-9-7-12/h2-5,12,14,16H,6-10H2,1H3,(H,18,19,20). The fourth-order valence-corrected chi connectivity index (χ4v) is 3.55. The van der Waals surface area contributed by atoms with Gasteiger partial charge in [0.15, 0.2) is 0 Å². The minimum absolute atomic E-state index is 0.0952. The summed E-state index contributed by atoms with van der Waals surface area (Å²) in [6.45, 7) is 3.50. The van der Waals surface area contributed by atoms with Crippen LogP contribution < -0.4 is 5.32 Å². The summed E-state index contributed by atoms with van der Waals surface area (Å²) in [6.07, 6.45) is 2.32.